The quantitative estimate of drug-likeness (QED) is 0.835. The number of hydrogen-bond donors (Lipinski definition) is 2. The molecular weight excluding hydrogens is 268 g/mol. The average molecular weight is 294 g/mol. The highest BCUT2D eigenvalue weighted by molar-refractivity contribution is 5.94. The predicted octanol–water partition coefficient (Wildman–Crippen LogP) is 0.619. The summed E-state index contributed by atoms with van der Waals surface area (Å²) in [4.78, 5) is 16.9. The van der Waals surface area contributed by atoms with Crippen molar-refractivity contribution in [2.75, 3.05) is 39.0 Å². The summed E-state index contributed by atoms with van der Waals surface area (Å²) in [6, 6.07) is 1.92. The summed E-state index contributed by atoms with van der Waals surface area (Å²) in [6.07, 6.45) is 3.69. The molecule has 2 rings (SSSR count). The summed E-state index contributed by atoms with van der Waals surface area (Å²) >= 11 is 0. The number of aliphatic hydroxyl groups excluding tert-OH is 1. The fourth-order valence-electron chi connectivity index (χ4n) is 2.99. The van der Waals surface area contributed by atoms with E-state index in [9.17, 15) is 9.90 Å². The number of likely N-dealkylation sites (tertiary alicyclic amines) is 1. The molecule has 1 aromatic rings. The number of aromatic nitrogens is 1. The Bertz CT molecular complexity index is 478. The van der Waals surface area contributed by atoms with Gasteiger partial charge in [0.1, 0.15) is 5.69 Å². The number of anilines is 1. The molecule has 1 aliphatic heterocycles. The first-order valence-electron chi connectivity index (χ1n) is 7.62. The Kier molecular flexibility index (Phi) is 5.25. The lowest BCUT2D eigenvalue weighted by Gasteiger charge is -2.37. The van der Waals surface area contributed by atoms with Gasteiger partial charge in [0.2, 0.25) is 0 Å². The Morgan fingerprint density at radius 2 is 2.14 bits per heavy atom. The predicted molar refractivity (Wildman–Crippen MR) is 83.2 cm³/mol. The Hall–Kier alpha value is -1.53. The van der Waals surface area contributed by atoms with E-state index in [-0.39, 0.29) is 18.6 Å². The second-order valence-corrected chi connectivity index (χ2v) is 5.70. The van der Waals surface area contributed by atoms with E-state index in [0.717, 1.165) is 25.9 Å². The van der Waals surface area contributed by atoms with Gasteiger partial charge in [-0.05, 0) is 46.0 Å². The first kappa shape index (κ1) is 15.9. The van der Waals surface area contributed by atoms with Crippen molar-refractivity contribution in [3.63, 3.8) is 0 Å². The number of carbonyl (C=O) groups excluding carboxylic acids is 1. The van der Waals surface area contributed by atoms with Crippen molar-refractivity contribution in [3.8, 4) is 0 Å². The molecule has 0 radical (unpaired) electrons. The van der Waals surface area contributed by atoms with E-state index in [1.807, 2.05) is 16.4 Å². The maximum absolute atomic E-state index is 12.8. The summed E-state index contributed by atoms with van der Waals surface area (Å²) < 4.78 is 1.87. The molecule has 3 N–H and O–H groups in total. The van der Waals surface area contributed by atoms with Gasteiger partial charge in [-0.15, -0.1) is 0 Å². The van der Waals surface area contributed by atoms with Crippen LogP contribution in [0.15, 0.2) is 12.3 Å². The zero-order chi connectivity index (χ0) is 15.4. The fourth-order valence-corrected chi connectivity index (χ4v) is 2.99. The van der Waals surface area contributed by atoms with Gasteiger partial charge in [0.05, 0.1) is 12.3 Å². The number of nitrogen functional groups attached to an aromatic ring is 1. The number of aliphatic hydroxyl groups is 1. The third kappa shape index (κ3) is 3.57. The van der Waals surface area contributed by atoms with Crippen LogP contribution in [0.2, 0.25) is 0 Å². The molecule has 6 nitrogen and oxygen atoms in total. The standard InChI is InChI=1S/C15H26N4O2/c1-3-18-11-12(16)10-14(18)15(21)19(8-9-20)13-4-6-17(2)7-5-13/h10-11,13,20H,3-9,16H2,1-2H3. The van der Waals surface area contributed by atoms with Gasteiger partial charge in [-0.3, -0.25) is 4.79 Å². The van der Waals surface area contributed by atoms with Crippen molar-refractivity contribution in [2.24, 2.45) is 0 Å². The number of hydrogen-bond acceptors (Lipinski definition) is 4. The molecule has 21 heavy (non-hydrogen) atoms. The summed E-state index contributed by atoms with van der Waals surface area (Å²) in [5.74, 6) is -0.0304. The first-order chi connectivity index (χ1) is 10.1. The van der Waals surface area contributed by atoms with Crippen molar-refractivity contribution in [1.82, 2.24) is 14.4 Å². The van der Waals surface area contributed by atoms with Crippen LogP contribution < -0.4 is 5.73 Å². The molecule has 0 atom stereocenters. The SMILES string of the molecule is CCn1cc(N)cc1C(=O)N(CCO)C1CCN(C)CC1. The topological polar surface area (TPSA) is 74.7 Å². The first-order valence-corrected chi connectivity index (χ1v) is 7.62. The summed E-state index contributed by atoms with van der Waals surface area (Å²) in [5.41, 5.74) is 7.03. The zero-order valence-electron chi connectivity index (χ0n) is 13.0. The number of nitrogens with two attached hydrogens (primary N) is 1. The Balaban J connectivity index is 2.18. The number of aryl methyl sites for hydroxylation is 1. The molecule has 118 valence electrons. The van der Waals surface area contributed by atoms with Gasteiger partial charge in [0, 0.05) is 25.3 Å². The largest absolute Gasteiger partial charge is 0.397 e. The molecule has 1 aliphatic rings. The van der Waals surface area contributed by atoms with Crippen LogP contribution in [0.25, 0.3) is 0 Å². The lowest BCUT2D eigenvalue weighted by molar-refractivity contribution is 0.0529. The van der Waals surface area contributed by atoms with E-state index in [1.165, 1.54) is 0 Å². The molecule has 0 bridgehead atoms. The summed E-state index contributed by atoms with van der Waals surface area (Å²) in [5, 5.41) is 9.31. The highest BCUT2D eigenvalue weighted by atomic mass is 16.3. The molecular formula is C15H26N4O2. The lowest BCUT2D eigenvalue weighted by atomic mass is 10.0. The maximum atomic E-state index is 12.8. The van der Waals surface area contributed by atoms with Crippen LogP contribution in [-0.4, -0.2) is 64.7 Å². The number of rotatable bonds is 5. The highest BCUT2D eigenvalue weighted by Gasteiger charge is 2.28. The second-order valence-electron chi connectivity index (χ2n) is 5.70. The average Bonchev–Trinajstić information content (AvgIpc) is 2.86. The number of carbonyl (C=O) groups is 1. The number of piperidine rings is 1. The van der Waals surface area contributed by atoms with E-state index >= 15 is 0 Å². The van der Waals surface area contributed by atoms with E-state index in [0.29, 0.717) is 24.5 Å². The minimum absolute atomic E-state index is 0.0135. The molecule has 0 saturated carbocycles. The van der Waals surface area contributed by atoms with Crippen LogP contribution in [0.5, 0.6) is 0 Å². The van der Waals surface area contributed by atoms with Gasteiger partial charge in [0.25, 0.3) is 5.91 Å². The normalized spacial score (nSPS) is 17.1. The van der Waals surface area contributed by atoms with E-state index in [2.05, 4.69) is 11.9 Å². The van der Waals surface area contributed by atoms with Crippen LogP contribution in [0.4, 0.5) is 5.69 Å². The van der Waals surface area contributed by atoms with Gasteiger partial charge in [0.15, 0.2) is 0 Å². The number of amides is 1. The third-order valence-corrected chi connectivity index (χ3v) is 4.21. The smallest absolute Gasteiger partial charge is 0.270 e. The van der Waals surface area contributed by atoms with E-state index in [1.54, 1.807) is 12.3 Å². The maximum Gasteiger partial charge on any atom is 0.270 e. The molecule has 1 saturated heterocycles. The minimum atomic E-state index is -0.0304. The lowest BCUT2D eigenvalue weighted by Crippen LogP contribution is -2.48. The fraction of sp³-hybridized carbons (Fsp3) is 0.667. The molecule has 1 fully saturated rings. The van der Waals surface area contributed by atoms with Crippen molar-refractivity contribution in [3.05, 3.63) is 18.0 Å². The third-order valence-electron chi connectivity index (χ3n) is 4.21. The Labute approximate surface area is 126 Å². The van der Waals surface area contributed by atoms with Crippen molar-refractivity contribution in [1.29, 1.82) is 0 Å². The monoisotopic (exact) mass is 294 g/mol. The highest BCUT2D eigenvalue weighted by Crippen LogP contribution is 2.20. The van der Waals surface area contributed by atoms with Gasteiger partial charge in [-0.2, -0.15) is 0 Å². The molecule has 2 heterocycles. The minimum Gasteiger partial charge on any atom is -0.397 e. The Morgan fingerprint density at radius 3 is 2.71 bits per heavy atom. The summed E-state index contributed by atoms with van der Waals surface area (Å²) in [6.45, 7) is 5.02. The van der Waals surface area contributed by atoms with Gasteiger partial charge < -0.3 is 25.2 Å². The van der Waals surface area contributed by atoms with E-state index < -0.39 is 0 Å². The van der Waals surface area contributed by atoms with Gasteiger partial charge in [-0.25, -0.2) is 0 Å². The van der Waals surface area contributed by atoms with Crippen molar-refractivity contribution in [2.45, 2.75) is 32.4 Å². The number of nitrogens with zero attached hydrogens (tertiary/aromatic N) is 3. The van der Waals surface area contributed by atoms with Crippen LogP contribution >= 0.6 is 0 Å². The molecule has 1 amide bonds. The van der Waals surface area contributed by atoms with E-state index in [4.69, 9.17) is 5.73 Å². The molecule has 0 aliphatic carbocycles. The van der Waals surface area contributed by atoms with Crippen molar-refractivity contribution >= 4 is 11.6 Å². The Morgan fingerprint density at radius 1 is 1.48 bits per heavy atom. The van der Waals surface area contributed by atoms with Gasteiger partial charge in [-0.1, -0.05) is 0 Å². The molecule has 0 aromatic carbocycles. The van der Waals surface area contributed by atoms with Crippen LogP contribution in [-0.2, 0) is 6.54 Å². The van der Waals surface area contributed by atoms with Crippen molar-refractivity contribution < 1.29 is 9.90 Å². The summed E-state index contributed by atoms with van der Waals surface area (Å²) in [7, 11) is 2.09. The molecule has 0 unspecified atom stereocenters. The van der Waals surface area contributed by atoms with Crippen LogP contribution in [0.1, 0.15) is 30.3 Å². The van der Waals surface area contributed by atoms with Crippen LogP contribution in [0.3, 0.4) is 0 Å². The van der Waals surface area contributed by atoms with Gasteiger partial charge >= 0.3 is 0 Å². The second kappa shape index (κ2) is 6.95. The molecule has 0 spiro atoms. The van der Waals surface area contributed by atoms with Crippen LogP contribution in [0, 0.1) is 0 Å². The molecule has 6 heteroatoms. The zero-order valence-corrected chi connectivity index (χ0v) is 13.0. The molecule has 1 aromatic heterocycles.